The molecule has 1 fully saturated rings. The van der Waals surface area contributed by atoms with Crippen LogP contribution in [0.2, 0.25) is 0 Å². The highest BCUT2D eigenvalue weighted by Gasteiger charge is 2.24. The van der Waals surface area contributed by atoms with Crippen molar-refractivity contribution in [3.8, 4) is 0 Å². The summed E-state index contributed by atoms with van der Waals surface area (Å²) in [5.41, 5.74) is 6.98. The van der Waals surface area contributed by atoms with Gasteiger partial charge in [-0.15, -0.1) is 0 Å². The van der Waals surface area contributed by atoms with Gasteiger partial charge in [0.05, 0.1) is 0 Å². The minimum atomic E-state index is 0.752. The lowest BCUT2D eigenvalue weighted by molar-refractivity contribution is 0.123. The number of hydrogen-bond donors (Lipinski definition) is 1. The molecule has 1 aromatic heterocycles. The smallest absolute Gasteiger partial charge is 0.0271 e. The highest BCUT2D eigenvalue weighted by Crippen LogP contribution is 2.25. The standard InChI is InChI=1S/C12H19N3/c13-6-9-15(12-2-1-3-12)10-11-4-7-14-8-5-11/h4-5,7-8,12H,1-3,6,9-10,13H2. The first-order valence-electron chi connectivity index (χ1n) is 5.73. The molecule has 1 saturated carbocycles. The second-order valence-corrected chi connectivity index (χ2v) is 4.20. The maximum Gasteiger partial charge on any atom is 0.0271 e. The van der Waals surface area contributed by atoms with E-state index in [1.54, 1.807) is 0 Å². The van der Waals surface area contributed by atoms with Crippen molar-refractivity contribution in [1.29, 1.82) is 0 Å². The number of rotatable bonds is 5. The molecule has 3 heteroatoms. The van der Waals surface area contributed by atoms with Gasteiger partial charge in [-0.25, -0.2) is 0 Å². The average molecular weight is 205 g/mol. The molecule has 0 bridgehead atoms. The zero-order chi connectivity index (χ0) is 10.5. The van der Waals surface area contributed by atoms with Crippen LogP contribution in [0.4, 0.5) is 0 Å². The van der Waals surface area contributed by atoms with E-state index in [9.17, 15) is 0 Å². The van der Waals surface area contributed by atoms with Crippen LogP contribution in [0, 0.1) is 0 Å². The summed E-state index contributed by atoms with van der Waals surface area (Å²) in [7, 11) is 0. The van der Waals surface area contributed by atoms with Crippen LogP contribution in [-0.2, 0) is 6.54 Å². The van der Waals surface area contributed by atoms with Crippen molar-refractivity contribution in [2.24, 2.45) is 5.73 Å². The molecular weight excluding hydrogens is 186 g/mol. The Labute approximate surface area is 91.3 Å². The van der Waals surface area contributed by atoms with Crippen LogP contribution in [0.5, 0.6) is 0 Å². The molecule has 15 heavy (non-hydrogen) atoms. The Morgan fingerprint density at radius 2 is 2.07 bits per heavy atom. The number of pyridine rings is 1. The summed E-state index contributed by atoms with van der Waals surface area (Å²) in [6.45, 7) is 2.78. The summed E-state index contributed by atoms with van der Waals surface area (Å²) in [6, 6.07) is 4.94. The van der Waals surface area contributed by atoms with Gasteiger partial charge in [0, 0.05) is 38.1 Å². The first-order chi connectivity index (χ1) is 7.40. The minimum Gasteiger partial charge on any atom is -0.329 e. The molecule has 1 heterocycles. The van der Waals surface area contributed by atoms with Crippen LogP contribution >= 0.6 is 0 Å². The van der Waals surface area contributed by atoms with E-state index in [1.165, 1.54) is 24.8 Å². The summed E-state index contributed by atoms with van der Waals surface area (Å²) >= 11 is 0. The van der Waals surface area contributed by atoms with E-state index in [2.05, 4.69) is 22.0 Å². The van der Waals surface area contributed by atoms with Crippen molar-refractivity contribution in [3.05, 3.63) is 30.1 Å². The number of aromatic nitrogens is 1. The molecule has 0 spiro atoms. The fourth-order valence-electron chi connectivity index (χ4n) is 2.03. The van der Waals surface area contributed by atoms with E-state index < -0.39 is 0 Å². The SMILES string of the molecule is NCCN(Cc1ccncc1)C1CCC1. The van der Waals surface area contributed by atoms with Gasteiger partial charge < -0.3 is 5.73 Å². The predicted octanol–water partition coefficient (Wildman–Crippen LogP) is 1.39. The van der Waals surface area contributed by atoms with Crippen molar-refractivity contribution < 1.29 is 0 Å². The summed E-state index contributed by atoms with van der Waals surface area (Å²) in [5, 5.41) is 0. The molecule has 1 aliphatic rings. The van der Waals surface area contributed by atoms with Gasteiger partial charge in [0.25, 0.3) is 0 Å². The van der Waals surface area contributed by atoms with Crippen LogP contribution < -0.4 is 5.73 Å². The van der Waals surface area contributed by atoms with Gasteiger partial charge in [-0.2, -0.15) is 0 Å². The van der Waals surface area contributed by atoms with E-state index in [0.29, 0.717) is 0 Å². The molecule has 1 aromatic rings. The first-order valence-corrected chi connectivity index (χ1v) is 5.73. The second-order valence-electron chi connectivity index (χ2n) is 4.20. The molecule has 0 radical (unpaired) electrons. The fourth-order valence-corrected chi connectivity index (χ4v) is 2.03. The third-order valence-corrected chi connectivity index (χ3v) is 3.14. The summed E-state index contributed by atoms with van der Waals surface area (Å²) < 4.78 is 0. The molecule has 82 valence electrons. The van der Waals surface area contributed by atoms with Crippen LogP contribution in [0.1, 0.15) is 24.8 Å². The largest absolute Gasteiger partial charge is 0.329 e. The molecule has 0 unspecified atom stereocenters. The molecule has 0 aliphatic heterocycles. The quantitative estimate of drug-likeness (QED) is 0.790. The van der Waals surface area contributed by atoms with Crippen molar-refractivity contribution >= 4 is 0 Å². The number of nitrogens with two attached hydrogens (primary N) is 1. The first kappa shape index (κ1) is 10.6. The van der Waals surface area contributed by atoms with Crippen molar-refractivity contribution in [1.82, 2.24) is 9.88 Å². The molecule has 0 aromatic carbocycles. The lowest BCUT2D eigenvalue weighted by Crippen LogP contribution is -2.42. The summed E-state index contributed by atoms with van der Waals surface area (Å²) in [5.74, 6) is 0. The van der Waals surface area contributed by atoms with E-state index in [1.807, 2.05) is 12.4 Å². The van der Waals surface area contributed by atoms with Gasteiger partial charge >= 0.3 is 0 Å². The summed E-state index contributed by atoms with van der Waals surface area (Å²) in [4.78, 5) is 6.53. The third-order valence-electron chi connectivity index (χ3n) is 3.14. The number of nitrogens with zero attached hydrogens (tertiary/aromatic N) is 2. The maximum absolute atomic E-state index is 5.65. The highest BCUT2D eigenvalue weighted by molar-refractivity contribution is 5.09. The molecule has 3 nitrogen and oxygen atoms in total. The Bertz CT molecular complexity index is 282. The normalized spacial score (nSPS) is 16.7. The molecule has 0 atom stereocenters. The number of hydrogen-bond acceptors (Lipinski definition) is 3. The maximum atomic E-state index is 5.65. The lowest BCUT2D eigenvalue weighted by Gasteiger charge is -2.37. The van der Waals surface area contributed by atoms with E-state index in [0.717, 1.165) is 25.7 Å². The third kappa shape index (κ3) is 2.76. The zero-order valence-corrected chi connectivity index (χ0v) is 9.10. The highest BCUT2D eigenvalue weighted by atomic mass is 15.2. The van der Waals surface area contributed by atoms with Crippen molar-refractivity contribution in [2.45, 2.75) is 31.8 Å². The topological polar surface area (TPSA) is 42.1 Å². The van der Waals surface area contributed by atoms with Crippen LogP contribution in [0.3, 0.4) is 0 Å². The Kier molecular flexibility index (Phi) is 3.69. The molecule has 1 aliphatic carbocycles. The average Bonchev–Trinajstić information content (AvgIpc) is 2.17. The van der Waals surface area contributed by atoms with Gasteiger partial charge in [0.2, 0.25) is 0 Å². The Morgan fingerprint density at radius 3 is 2.60 bits per heavy atom. The van der Waals surface area contributed by atoms with Crippen molar-refractivity contribution in [3.63, 3.8) is 0 Å². The van der Waals surface area contributed by atoms with Crippen molar-refractivity contribution in [2.75, 3.05) is 13.1 Å². The Balaban J connectivity index is 1.93. The Hall–Kier alpha value is -0.930. The second kappa shape index (κ2) is 5.24. The Morgan fingerprint density at radius 1 is 1.33 bits per heavy atom. The molecule has 2 N–H and O–H groups in total. The fraction of sp³-hybridized carbons (Fsp3) is 0.583. The van der Waals surface area contributed by atoms with Gasteiger partial charge in [0.15, 0.2) is 0 Å². The monoisotopic (exact) mass is 205 g/mol. The molecule has 0 amide bonds. The summed E-state index contributed by atoms with van der Waals surface area (Å²) in [6.07, 6.45) is 7.77. The zero-order valence-electron chi connectivity index (χ0n) is 9.10. The van der Waals surface area contributed by atoms with E-state index in [4.69, 9.17) is 5.73 Å². The lowest BCUT2D eigenvalue weighted by atomic mass is 9.91. The van der Waals surface area contributed by atoms with Crippen LogP contribution in [0.25, 0.3) is 0 Å². The van der Waals surface area contributed by atoms with Gasteiger partial charge in [-0.1, -0.05) is 6.42 Å². The minimum absolute atomic E-state index is 0.752. The van der Waals surface area contributed by atoms with E-state index >= 15 is 0 Å². The van der Waals surface area contributed by atoms with Gasteiger partial charge in [-0.05, 0) is 30.5 Å². The predicted molar refractivity (Wildman–Crippen MR) is 61.3 cm³/mol. The van der Waals surface area contributed by atoms with Gasteiger partial charge in [0.1, 0.15) is 0 Å². The van der Waals surface area contributed by atoms with Crippen LogP contribution in [0.15, 0.2) is 24.5 Å². The van der Waals surface area contributed by atoms with Gasteiger partial charge in [-0.3, -0.25) is 9.88 Å². The van der Waals surface area contributed by atoms with Crippen LogP contribution in [-0.4, -0.2) is 29.0 Å². The molecule has 2 rings (SSSR count). The van der Waals surface area contributed by atoms with E-state index in [-0.39, 0.29) is 0 Å². The molecule has 0 saturated heterocycles. The molecular formula is C12H19N3.